The van der Waals surface area contributed by atoms with Gasteiger partial charge in [0.25, 0.3) is 0 Å². The summed E-state index contributed by atoms with van der Waals surface area (Å²) in [4.78, 5) is 2.23. The normalized spacial score (nSPS) is 11.1. The maximum absolute atomic E-state index is 13.4. The zero-order valence-electron chi connectivity index (χ0n) is 10.9. The van der Waals surface area contributed by atoms with Crippen molar-refractivity contribution in [2.75, 3.05) is 33.2 Å². The van der Waals surface area contributed by atoms with Gasteiger partial charge in [-0.2, -0.15) is 0 Å². The fraction of sp³-hybridized carbons (Fsp3) is 0.571. The Kier molecular flexibility index (Phi) is 6.82. The Hall–Kier alpha value is -0.930. The van der Waals surface area contributed by atoms with Gasteiger partial charge in [-0.15, -0.1) is 0 Å². The van der Waals surface area contributed by atoms with Crippen LogP contribution in [0.3, 0.4) is 0 Å². The first kappa shape index (κ1) is 14.1. The van der Waals surface area contributed by atoms with Crippen LogP contribution in [0.25, 0.3) is 0 Å². The van der Waals surface area contributed by atoms with Crippen LogP contribution in [0, 0.1) is 5.82 Å². The molecule has 0 bridgehead atoms. The van der Waals surface area contributed by atoms with E-state index in [2.05, 4.69) is 24.2 Å². The van der Waals surface area contributed by atoms with E-state index in [1.54, 1.807) is 6.07 Å². The van der Waals surface area contributed by atoms with Crippen molar-refractivity contribution >= 4 is 0 Å². The number of nitrogens with zero attached hydrogens (tertiary/aromatic N) is 1. The van der Waals surface area contributed by atoms with E-state index in [4.69, 9.17) is 0 Å². The minimum atomic E-state index is -0.0926. The standard InChI is InChI=1S/C14H23FN2/c1-3-9-16-10-12-17(2)11-8-13-6-4-5-7-14(13)15/h4-7,16H,3,8-12H2,1-2H3. The second kappa shape index (κ2) is 8.20. The number of rotatable bonds is 8. The van der Waals surface area contributed by atoms with Gasteiger partial charge in [-0.3, -0.25) is 0 Å². The van der Waals surface area contributed by atoms with Gasteiger partial charge in [0.1, 0.15) is 5.82 Å². The van der Waals surface area contributed by atoms with Crippen molar-refractivity contribution in [3.8, 4) is 0 Å². The van der Waals surface area contributed by atoms with E-state index < -0.39 is 0 Å². The molecule has 2 nitrogen and oxygen atoms in total. The molecule has 0 spiro atoms. The molecule has 0 fully saturated rings. The largest absolute Gasteiger partial charge is 0.315 e. The zero-order chi connectivity index (χ0) is 12.5. The van der Waals surface area contributed by atoms with Crippen LogP contribution in [0.5, 0.6) is 0 Å². The molecule has 3 heteroatoms. The summed E-state index contributed by atoms with van der Waals surface area (Å²) >= 11 is 0. The lowest BCUT2D eigenvalue weighted by Gasteiger charge is -2.16. The Morgan fingerprint density at radius 2 is 1.94 bits per heavy atom. The molecule has 1 aromatic carbocycles. The SMILES string of the molecule is CCCNCCN(C)CCc1ccccc1F. The van der Waals surface area contributed by atoms with E-state index in [1.807, 2.05) is 12.1 Å². The highest BCUT2D eigenvalue weighted by molar-refractivity contribution is 5.17. The second-order valence-electron chi connectivity index (χ2n) is 4.39. The minimum absolute atomic E-state index is 0.0926. The van der Waals surface area contributed by atoms with Gasteiger partial charge >= 0.3 is 0 Å². The monoisotopic (exact) mass is 238 g/mol. The molecule has 0 radical (unpaired) electrons. The Morgan fingerprint density at radius 3 is 2.65 bits per heavy atom. The van der Waals surface area contributed by atoms with Gasteiger partial charge < -0.3 is 10.2 Å². The molecule has 1 N–H and O–H groups in total. The van der Waals surface area contributed by atoms with Crippen molar-refractivity contribution in [1.82, 2.24) is 10.2 Å². The van der Waals surface area contributed by atoms with Gasteiger partial charge in [0.2, 0.25) is 0 Å². The van der Waals surface area contributed by atoms with Crippen LogP contribution in [-0.2, 0) is 6.42 Å². The van der Waals surface area contributed by atoms with Crippen LogP contribution >= 0.6 is 0 Å². The van der Waals surface area contributed by atoms with E-state index in [1.165, 1.54) is 12.5 Å². The predicted molar refractivity (Wildman–Crippen MR) is 70.8 cm³/mol. The van der Waals surface area contributed by atoms with Crippen molar-refractivity contribution in [2.45, 2.75) is 19.8 Å². The molecule has 0 unspecified atom stereocenters. The van der Waals surface area contributed by atoms with E-state index in [-0.39, 0.29) is 5.82 Å². The number of hydrogen-bond donors (Lipinski definition) is 1. The fourth-order valence-electron chi connectivity index (χ4n) is 1.70. The lowest BCUT2D eigenvalue weighted by Crippen LogP contribution is -2.31. The Morgan fingerprint density at radius 1 is 1.18 bits per heavy atom. The van der Waals surface area contributed by atoms with Crippen LogP contribution < -0.4 is 5.32 Å². The summed E-state index contributed by atoms with van der Waals surface area (Å²) in [6.07, 6.45) is 1.94. The van der Waals surface area contributed by atoms with Crippen LogP contribution in [0.4, 0.5) is 4.39 Å². The highest BCUT2D eigenvalue weighted by atomic mass is 19.1. The Bertz CT molecular complexity index is 315. The number of benzene rings is 1. The lowest BCUT2D eigenvalue weighted by atomic mass is 10.1. The third-order valence-corrected chi connectivity index (χ3v) is 2.82. The Balaban J connectivity index is 2.19. The second-order valence-corrected chi connectivity index (χ2v) is 4.39. The van der Waals surface area contributed by atoms with Crippen LogP contribution in [0.2, 0.25) is 0 Å². The van der Waals surface area contributed by atoms with E-state index >= 15 is 0 Å². The molecule has 0 aliphatic heterocycles. The zero-order valence-corrected chi connectivity index (χ0v) is 10.9. The van der Waals surface area contributed by atoms with Crippen molar-refractivity contribution in [1.29, 1.82) is 0 Å². The molecular weight excluding hydrogens is 215 g/mol. The molecule has 0 amide bonds. The third-order valence-electron chi connectivity index (χ3n) is 2.82. The molecule has 96 valence electrons. The van der Waals surface area contributed by atoms with E-state index in [9.17, 15) is 4.39 Å². The predicted octanol–water partition coefficient (Wildman–Crippen LogP) is 2.30. The van der Waals surface area contributed by atoms with Gasteiger partial charge in [-0.1, -0.05) is 25.1 Å². The number of nitrogens with one attached hydrogen (secondary N) is 1. The molecule has 0 aliphatic rings. The smallest absolute Gasteiger partial charge is 0.126 e. The molecule has 17 heavy (non-hydrogen) atoms. The highest BCUT2D eigenvalue weighted by Crippen LogP contribution is 2.07. The summed E-state index contributed by atoms with van der Waals surface area (Å²) in [6.45, 7) is 6.14. The number of hydrogen-bond acceptors (Lipinski definition) is 2. The molecule has 0 atom stereocenters. The van der Waals surface area contributed by atoms with E-state index in [0.29, 0.717) is 0 Å². The molecule has 0 saturated carbocycles. The maximum Gasteiger partial charge on any atom is 0.126 e. The quantitative estimate of drug-likeness (QED) is 0.699. The minimum Gasteiger partial charge on any atom is -0.315 e. The molecule has 0 saturated heterocycles. The number of halogens is 1. The van der Waals surface area contributed by atoms with Gasteiger partial charge in [0, 0.05) is 19.6 Å². The van der Waals surface area contributed by atoms with Crippen molar-refractivity contribution in [3.05, 3.63) is 35.6 Å². The molecular formula is C14H23FN2. The van der Waals surface area contributed by atoms with Gasteiger partial charge in [0.15, 0.2) is 0 Å². The van der Waals surface area contributed by atoms with Crippen molar-refractivity contribution < 1.29 is 4.39 Å². The van der Waals surface area contributed by atoms with Gasteiger partial charge in [-0.05, 0) is 38.1 Å². The molecule has 1 rings (SSSR count). The Labute approximate surface area is 104 Å². The fourth-order valence-corrected chi connectivity index (χ4v) is 1.70. The first-order valence-electron chi connectivity index (χ1n) is 6.36. The number of likely N-dealkylation sites (N-methyl/N-ethyl adjacent to an activating group) is 1. The average molecular weight is 238 g/mol. The highest BCUT2D eigenvalue weighted by Gasteiger charge is 2.02. The summed E-state index contributed by atoms with van der Waals surface area (Å²) in [6, 6.07) is 7.01. The van der Waals surface area contributed by atoms with Crippen LogP contribution in [-0.4, -0.2) is 38.1 Å². The summed E-state index contributed by atoms with van der Waals surface area (Å²) in [5, 5.41) is 3.36. The molecule has 0 aliphatic carbocycles. The molecule has 0 heterocycles. The summed E-state index contributed by atoms with van der Waals surface area (Å²) in [7, 11) is 2.08. The lowest BCUT2D eigenvalue weighted by molar-refractivity contribution is 0.334. The maximum atomic E-state index is 13.4. The van der Waals surface area contributed by atoms with Crippen molar-refractivity contribution in [3.63, 3.8) is 0 Å². The van der Waals surface area contributed by atoms with E-state index in [0.717, 1.165) is 38.2 Å². The van der Waals surface area contributed by atoms with Gasteiger partial charge in [0.05, 0.1) is 0 Å². The van der Waals surface area contributed by atoms with Crippen molar-refractivity contribution in [2.24, 2.45) is 0 Å². The summed E-state index contributed by atoms with van der Waals surface area (Å²) < 4.78 is 13.4. The summed E-state index contributed by atoms with van der Waals surface area (Å²) in [5.41, 5.74) is 0.806. The molecule has 1 aromatic rings. The third kappa shape index (κ3) is 5.80. The summed E-state index contributed by atoms with van der Waals surface area (Å²) in [5.74, 6) is -0.0926. The van der Waals surface area contributed by atoms with Crippen LogP contribution in [0.15, 0.2) is 24.3 Å². The first-order chi connectivity index (χ1) is 8.24. The first-order valence-corrected chi connectivity index (χ1v) is 6.36. The average Bonchev–Trinajstić information content (AvgIpc) is 2.34. The van der Waals surface area contributed by atoms with Crippen LogP contribution in [0.1, 0.15) is 18.9 Å². The topological polar surface area (TPSA) is 15.3 Å². The molecule has 0 aromatic heterocycles. The van der Waals surface area contributed by atoms with Gasteiger partial charge in [-0.25, -0.2) is 4.39 Å².